The SMILES string of the molecule is CC[Si](CC)(CC)O[C@@H]1C[C@H]2CC(=O)C=C[C@]2(C)[C@H]1c1ccc2ccncc2c1. The Balaban J connectivity index is 1.79. The van der Waals surface area contributed by atoms with Gasteiger partial charge in [-0.05, 0) is 65.0 Å². The fourth-order valence-corrected chi connectivity index (χ4v) is 8.63. The third-order valence-electron chi connectivity index (χ3n) is 7.87. The minimum Gasteiger partial charge on any atom is -0.413 e. The molecule has 1 aromatic carbocycles. The molecule has 1 fully saturated rings. The van der Waals surface area contributed by atoms with Crippen molar-refractivity contribution in [2.75, 3.05) is 0 Å². The van der Waals surface area contributed by atoms with Crippen LogP contribution in [0.1, 0.15) is 52.0 Å². The molecule has 154 valence electrons. The lowest BCUT2D eigenvalue weighted by Gasteiger charge is -2.39. The van der Waals surface area contributed by atoms with E-state index < -0.39 is 8.32 Å². The standard InChI is InChI=1S/C25H33NO2Si/c1-5-29(6-2,7-3)28-23-16-21-15-22(27)10-12-25(21,4)24(23)19-9-8-18-11-13-26-17-20(18)14-19/h8-14,17,21,23-24H,5-7,15-16H2,1-4H3/t21-,23-,24+,25+/m1/s1. The number of fused-ring (bicyclic) bond motifs is 2. The van der Waals surface area contributed by atoms with Gasteiger partial charge in [-0.25, -0.2) is 0 Å². The highest BCUT2D eigenvalue weighted by Crippen LogP contribution is 2.58. The Labute approximate surface area is 175 Å². The topological polar surface area (TPSA) is 39.2 Å². The molecule has 0 saturated heterocycles. The predicted molar refractivity (Wildman–Crippen MR) is 122 cm³/mol. The van der Waals surface area contributed by atoms with Crippen molar-refractivity contribution in [2.45, 2.75) is 70.7 Å². The van der Waals surface area contributed by atoms with E-state index in [1.807, 2.05) is 18.5 Å². The highest BCUT2D eigenvalue weighted by atomic mass is 28.4. The molecule has 1 aromatic heterocycles. The van der Waals surface area contributed by atoms with Gasteiger partial charge in [0.05, 0.1) is 6.10 Å². The number of nitrogens with zero attached hydrogens (tertiary/aromatic N) is 1. The van der Waals surface area contributed by atoms with E-state index in [1.54, 1.807) is 0 Å². The van der Waals surface area contributed by atoms with Crippen molar-refractivity contribution in [3.8, 4) is 0 Å². The van der Waals surface area contributed by atoms with Crippen LogP contribution in [-0.2, 0) is 9.22 Å². The second-order valence-corrected chi connectivity index (χ2v) is 13.9. The number of ketones is 1. The molecule has 0 aliphatic heterocycles. The summed E-state index contributed by atoms with van der Waals surface area (Å²) in [6.07, 6.45) is 9.62. The monoisotopic (exact) mass is 407 g/mol. The number of rotatable bonds is 6. The van der Waals surface area contributed by atoms with Crippen molar-refractivity contribution >= 4 is 24.9 Å². The third kappa shape index (κ3) is 3.51. The van der Waals surface area contributed by atoms with Crippen LogP contribution in [-0.4, -0.2) is 25.2 Å². The summed E-state index contributed by atoms with van der Waals surface area (Å²) >= 11 is 0. The summed E-state index contributed by atoms with van der Waals surface area (Å²) in [4.78, 5) is 16.5. The van der Waals surface area contributed by atoms with E-state index in [4.69, 9.17) is 4.43 Å². The highest BCUT2D eigenvalue weighted by molar-refractivity contribution is 6.73. The van der Waals surface area contributed by atoms with E-state index in [0.717, 1.165) is 24.6 Å². The maximum absolute atomic E-state index is 12.2. The van der Waals surface area contributed by atoms with Gasteiger partial charge >= 0.3 is 0 Å². The maximum atomic E-state index is 12.2. The van der Waals surface area contributed by atoms with Gasteiger partial charge in [-0.3, -0.25) is 9.78 Å². The van der Waals surface area contributed by atoms with Crippen LogP contribution in [0.5, 0.6) is 0 Å². The molecule has 2 aliphatic rings. The Morgan fingerprint density at radius 1 is 1.14 bits per heavy atom. The van der Waals surface area contributed by atoms with Gasteiger partial charge < -0.3 is 4.43 Å². The van der Waals surface area contributed by atoms with E-state index in [9.17, 15) is 4.79 Å². The van der Waals surface area contributed by atoms with Crippen molar-refractivity contribution in [3.05, 3.63) is 54.4 Å². The maximum Gasteiger partial charge on any atom is 0.192 e. The summed E-state index contributed by atoms with van der Waals surface area (Å²) < 4.78 is 7.10. The number of allylic oxidation sites excluding steroid dienone is 2. The molecule has 4 rings (SSSR count). The molecule has 0 unspecified atom stereocenters. The van der Waals surface area contributed by atoms with E-state index in [-0.39, 0.29) is 23.2 Å². The smallest absolute Gasteiger partial charge is 0.192 e. The molecule has 1 saturated carbocycles. The van der Waals surface area contributed by atoms with Crippen LogP contribution in [0.4, 0.5) is 0 Å². The second-order valence-electron chi connectivity index (χ2n) is 9.16. The summed E-state index contributed by atoms with van der Waals surface area (Å²) in [6.45, 7) is 9.23. The van der Waals surface area contributed by atoms with E-state index >= 15 is 0 Å². The highest BCUT2D eigenvalue weighted by Gasteiger charge is 2.54. The molecule has 1 heterocycles. The quantitative estimate of drug-likeness (QED) is 0.530. The van der Waals surface area contributed by atoms with Gasteiger partial charge in [0, 0.05) is 30.1 Å². The Morgan fingerprint density at radius 2 is 1.90 bits per heavy atom. The van der Waals surface area contributed by atoms with Gasteiger partial charge in [0.25, 0.3) is 0 Å². The van der Waals surface area contributed by atoms with Crippen LogP contribution in [0.3, 0.4) is 0 Å². The number of benzene rings is 1. The van der Waals surface area contributed by atoms with Gasteiger partial charge in [-0.15, -0.1) is 0 Å². The molecule has 2 aliphatic carbocycles. The molecule has 4 atom stereocenters. The van der Waals surface area contributed by atoms with Crippen molar-refractivity contribution in [1.82, 2.24) is 4.98 Å². The molecule has 0 amide bonds. The van der Waals surface area contributed by atoms with Crippen LogP contribution in [0, 0.1) is 11.3 Å². The first-order chi connectivity index (χ1) is 13.9. The fourth-order valence-electron chi connectivity index (χ4n) is 5.76. The largest absolute Gasteiger partial charge is 0.413 e. The zero-order valence-electron chi connectivity index (χ0n) is 18.2. The molecule has 29 heavy (non-hydrogen) atoms. The van der Waals surface area contributed by atoms with Crippen LogP contribution >= 0.6 is 0 Å². The minimum absolute atomic E-state index is 0.0379. The van der Waals surface area contributed by atoms with Crippen LogP contribution in [0.2, 0.25) is 18.1 Å². The summed E-state index contributed by atoms with van der Waals surface area (Å²) in [6, 6.07) is 12.3. The molecular weight excluding hydrogens is 374 g/mol. The summed E-state index contributed by atoms with van der Waals surface area (Å²) in [7, 11) is -1.75. The van der Waals surface area contributed by atoms with Gasteiger partial charge in [0.15, 0.2) is 14.1 Å². The predicted octanol–water partition coefficient (Wildman–Crippen LogP) is 6.26. The summed E-state index contributed by atoms with van der Waals surface area (Å²) in [5.41, 5.74) is 1.29. The van der Waals surface area contributed by atoms with Crippen LogP contribution in [0.15, 0.2) is 48.8 Å². The van der Waals surface area contributed by atoms with Crippen molar-refractivity contribution < 1.29 is 9.22 Å². The van der Waals surface area contributed by atoms with E-state index in [1.165, 1.54) is 16.3 Å². The fraction of sp³-hybridized carbons (Fsp3) is 0.520. The van der Waals surface area contributed by atoms with Gasteiger partial charge in [0.2, 0.25) is 0 Å². The molecule has 0 radical (unpaired) electrons. The lowest BCUT2D eigenvalue weighted by atomic mass is 9.67. The molecule has 0 bridgehead atoms. The molecule has 3 nitrogen and oxygen atoms in total. The van der Waals surface area contributed by atoms with E-state index in [0.29, 0.717) is 12.3 Å². The van der Waals surface area contributed by atoms with Gasteiger partial charge in [-0.1, -0.05) is 45.9 Å². The second kappa shape index (κ2) is 7.80. The lowest BCUT2D eigenvalue weighted by molar-refractivity contribution is -0.116. The number of hydrogen-bond donors (Lipinski definition) is 0. The minimum atomic E-state index is -1.75. The third-order valence-corrected chi connectivity index (χ3v) is 12.5. The number of carbonyl (C=O) groups excluding carboxylic acids is 1. The van der Waals surface area contributed by atoms with E-state index in [2.05, 4.69) is 63.0 Å². The zero-order chi connectivity index (χ0) is 20.6. The van der Waals surface area contributed by atoms with Crippen LogP contribution < -0.4 is 0 Å². The molecular formula is C25H33NO2Si. The average molecular weight is 408 g/mol. The number of carbonyl (C=O) groups is 1. The number of pyridine rings is 1. The van der Waals surface area contributed by atoms with Crippen molar-refractivity contribution in [1.29, 1.82) is 0 Å². The van der Waals surface area contributed by atoms with Gasteiger partial charge in [0.1, 0.15) is 0 Å². The molecule has 2 aromatic rings. The normalized spacial score (nSPS) is 29.4. The summed E-state index contributed by atoms with van der Waals surface area (Å²) in [5, 5.41) is 2.39. The first kappa shape index (κ1) is 20.5. The van der Waals surface area contributed by atoms with Crippen molar-refractivity contribution in [3.63, 3.8) is 0 Å². The Morgan fingerprint density at radius 3 is 2.62 bits per heavy atom. The lowest BCUT2D eigenvalue weighted by Crippen LogP contribution is -2.42. The van der Waals surface area contributed by atoms with Crippen LogP contribution in [0.25, 0.3) is 10.8 Å². The molecule has 4 heteroatoms. The first-order valence-corrected chi connectivity index (χ1v) is 13.7. The number of hydrogen-bond acceptors (Lipinski definition) is 3. The first-order valence-electron chi connectivity index (χ1n) is 11.2. The average Bonchev–Trinajstić information content (AvgIpc) is 3.02. The Bertz CT molecular complexity index is 927. The van der Waals surface area contributed by atoms with Gasteiger partial charge in [-0.2, -0.15) is 0 Å². The molecule has 0 spiro atoms. The number of aromatic nitrogens is 1. The Kier molecular flexibility index (Phi) is 5.51. The van der Waals surface area contributed by atoms with Crippen molar-refractivity contribution in [2.24, 2.45) is 11.3 Å². The Hall–Kier alpha value is -1.78. The summed E-state index contributed by atoms with van der Waals surface area (Å²) in [5.74, 6) is 0.898. The molecule has 0 N–H and O–H groups in total. The zero-order valence-corrected chi connectivity index (χ0v) is 19.2.